The van der Waals surface area contributed by atoms with Crippen molar-refractivity contribution in [1.29, 1.82) is 0 Å². The van der Waals surface area contributed by atoms with Crippen LogP contribution in [0.2, 0.25) is 0 Å². The summed E-state index contributed by atoms with van der Waals surface area (Å²) in [5.41, 5.74) is 3.78. The van der Waals surface area contributed by atoms with Crippen LogP contribution in [0.4, 0.5) is 11.7 Å². The van der Waals surface area contributed by atoms with E-state index in [4.69, 9.17) is 13.6 Å². The molecule has 0 bridgehead atoms. The summed E-state index contributed by atoms with van der Waals surface area (Å²) in [6, 6.07) is 13.1. The van der Waals surface area contributed by atoms with Gasteiger partial charge in [0.25, 0.3) is 11.9 Å². The Bertz CT molecular complexity index is 1280. The average Bonchev–Trinajstić information content (AvgIpc) is 3.49. The molecule has 0 fully saturated rings. The summed E-state index contributed by atoms with van der Waals surface area (Å²) in [6.45, 7) is 3.22. The maximum absolute atomic E-state index is 12.4. The lowest BCUT2D eigenvalue weighted by atomic mass is 10.00. The number of nitrogens with zero attached hydrogens (tertiary/aromatic N) is 2. The Hall–Kier alpha value is -4.40. The molecule has 1 amide bonds. The fourth-order valence-corrected chi connectivity index (χ4v) is 3.45. The topological polar surface area (TPSA) is 119 Å². The van der Waals surface area contributed by atoms with E-state index in [2.05, 4.69) is 20.6 Å². The summed E-state index contributed by atoms with van der Waals surface area (Å²) in [5, 5.41) is 5.65. The van der Waals surface area contributed by atoms with Gasteiger partial charge in [0.05, 0.1) is 12.4 Å². The van der Waals surface area contributed by atoms with Gasteiger partial charge in [-0.1, -0.05) is 24.3 Å². The number of oxazole rings is 2. The van der Waals surface area contributed by atoms with Crippen molar-refractivity contribution in [3.8, 4) is 22.6 Å². The molecule has 0 aliphatic heterocycles. The number of anilines is 2. The first-order valence-corrected chi connectivity index (χ1v) is 10.2. The first-order valence-electron chi connectivity index (χ1n) is 10.2. The number of likely N-dealkylation sites (N-methyl/N-ethyl adjacent to an activating group) is 1. The van der Waals surface area contributed by atoms with Crippen LogP contribution in [0, 0.1) is 6.92 Å². The van der Waals surface area contributed by atoms with Crippen molar-refractivity contribution in [1.82, 2.24) is 15.3 Å². The Morgan fingerprint density at radius 1 is 1.06 bits per heavy atom. The Balaban J connectivity index is 1.60. The van der Waals surface area contributed by atoms with Crippen LogP contribution in [0.25, 0.3) is 22.6 Å². The van der Waals surface area contributed by atoms with Gasteiger partial charge in [0.2, 0.25) is 6.10 Å². The maximum atomic E-state index is 12.4. The highest BCUT2D eigenvalue weighted by Crippen LogP contribution is 2.33. The van der Waals surface area contributed by atoms with Gasteiger partial charge in [-0.25, -0.2) is 9.97 Å². The Morgan fingerprint density at radius 2 is 1.88 bits per heavy atom. The number of esters is 1. The third-order valence-corrected chi connectivity index (χ3v) is 4.96. The molecule has 0 radical (unpaired) electrons. The van der Waals surface area contributed by atoms with Crippen molar-refractivity contribution in [3.05, 3.63) is 72.4 Å². The van der Waals surface area contributed by atoms with Crippen LogP contribution in [0.5, 0.6) is 0 Å². The van der Waals surface area contributed by atoms with E-state index in [0.717, 1.165) is 16.8 Å². The molecule has 9 heteroatoms. The molecule has 4 aromatic rings. The van der Waals surface area contributed by atoms with Gasteiger partial charge in [-0.05, 0) is 30.7 Å². The van der Waals surface area contributed by atoms with E-state index < -0.39 is 18.0 Å². The number of aromatic nitrogens is 2. The molecule has 2 heterocycles. The van der Waals surface area contributed by atoms with Crippen LogP contribution in [0.3, 0.4) is 0 Å². The molecule has 33 heavy (non-hydrogen) atoms. The molecule has 0 saturated heterocycles. The molecular formula is C24H22N4O5. The number of carbonyl (C=O) groups is 2. The van der Waals surface area contributed by atoms with Crippen molar-refractivity contribution >= 4 is 23.6 Å². The van der Waals surface area contributed by atoms with Crippen molar-refractivity contribution in [3.63, 3.8) is 0 Å². The first kappa shape index (κ1) is 21.8. The Labute approximate surface area is 189 Å². The van der Waals surface area contributed by atoms with E-state index in [1.165, 1.54) is 20.4 Å². The highest BCUT2D eigenvalue weighted by Gasteiger charge is 2.27. The summed E-state index contributed by atoms with van der Waals surface area (Å²) in [7, 11) is 1.48. The minimum Gasteiger partial charge on any atom is -0.447 e. The fourth-order valence-electron chi connectivity index (χ4n) is 3.45. The smallest absolute Gasteiger partial charge is 0.303 e. The third kappa shape index (κ3) is 4.77. The molecule has 2 aromatic carbocycles. The molecule has 168 valence electrons. The van der Waals surface area contributed by atoms with E-state index in [1.54, 1.807) is 36.7 Å². The summed E-state index contributed by atoms with van der Waals surface area (Å²) in [5.74, 6) is 0.0944. The third-order valence-electron chi connectivity index (χ3n) is 4.96. The summed E-state index contributed by atoms with van der Waals surface area (Å²) in [4.78, 5) is 32.2. The van der Waals surface area contributed by atoms with Crippen molar-refractivity contribution < 1.29 is 23.2 Å². The number of carbonyl (C=O) groups excluding carboxylic acids is 2. The molecular weight excluding hydrogens is 424 g/mol. The van der Waals surface area contributed by atoms with Crippen LogP contribution < -0.4 is 10.6 Å². The minimum absolute atomic E-state index is 0.274. The SMILES string of the molecule is CNC(=O)C(OC(C)=O)c1ccccc1-c1cnc(Nc2ccc(-c3cnco3)c(C)c2)o1. The molecule has 0 aliphatic rings. The predicted molar refractivity (Wildman–Crippen MR) is 120 cm³/mol. The number of nitrogens with one attached hydrogen (secondary N) is 2. The van der Waals surface area contributed by atoms with Gasteiger partial charge < -0.3 is 24.2 Å². The Morgan fingerprint density at radius 3 is 2.58 bits per heavy atom. The van der Waals surface area contributed by atoms with Crippen LogP contribution >= 0.6 is 0 Å². The van der Waals surface area contributed by atoms with Crippen LogP contribution in [0.15, 0.2) is 70.1 Å². The van der Waals surface area contributed by atoms with E-state index in [0.29, 0.717) is 22.6 Å². The number of amides is 1. The number of hydrogen-bond acceptors (Lipinski definition) is 8. The molecule has 2 aromatic heterocycles. The highest BCUT2D eigenvalue weighted by atomic mass is 16.5. The second-order valence-electron chi connectivity index (χ2n) is 7.24. The van der Waals surface area contributed by atoms with E-state index in [9.17, 15) is 9.59 Å². The fraction of sp³-hybridized carbons (Fsp3) is 0.167. The number of aryl methyl sites for hydroxylation is 1. The zero-order valence-corrected chi connectivity index (χ0v) is 18.3. The number of rotatable bonds is 7. The van der Waals surface area contributed by atoms with Gasteiger partial charge in [0.15, 0.2) is 17.9 Å². The lowest BCUT2D eigenvalue weighted by Crippen LogP contribution is -2.29. The summed E-state index contributed by atoms with van der Waals surface area (Å²) in [6.07, 6.45) is 3.49. The van der Waals surface area contributed by atoms with Crippen molar-refractivity contribution in [2.75, 3.05) is 12.4 Å². The summed E-state index contributed by atoms with van der Waals surface area (Å²) < 4.78 is 16.5. The first-order chi connectivity index (χ1) is 16.0. The molecule has 2 N–H and O–H groups in total. The van der Waals surface area contributed by atoms with Crippen LogP contribution in [-0.2, 0) is 14.3 Å². The molecule has 0 saturated carbocycles. The molecule has 1 unspecified atom stereocenters. The quantitative estimate of drug-likeness (QED) is 0.401. The molecule has 1 atom stereocenters. The number of benzene rings is 2. The normalized spacial score (nSPS) is 11.6. The van der Waals surface area contributed by atoms with Gasteiger partial charge in [-0.15, -0.1) is 0 Å². The molecule has 9 nitrogen and oxygen atoms in total. The molecule has 4 rings (SSSR count). The summed E-state index contributed by atoms with van der Waals surface area (Å²) >= 11 is 0. The zero-order valence-electron chi connectivity index (χ0n) is 18.3. The predicted octanol–water partition coefficient (Wildman–Crippen LogP) is 4.40. The zero-order chi connectivity index (χ0) is 23.4. The second kappa shape index (κ2) is 9.39. The lowest BCUT2D eigenvalue weighted by Gasteiger charge is -2.18. The van der Waals surface area contributed by atoms with Crippen LogP contribution in [-0.4, -0.2) is 28.9 Å². The van der Waals surface area contributed by atoms with Gasteiger partial charge in [-0.3, -0.25) is 9.59 Å². The highest BCUT2D eigenvalue weighted by molar-refractivity contribution is 5.86. The molecule has 0 aliphatic carbocycles. The molecule has 0 spiro atoms. The van der Waals surface area contributed by atoms with Crippen molar-refractivity contribution in [2.24, 2.45) is 0 Å². The van der Waals surface area contributed by atoms with E-state index in [-0.39, 0.29) is 6.01 Å². The van der Waals surface area contributed by atoms with Gasteiger partial charge in [0, 0.05) is 36.3 Å². The standard InChI is InChI=1S/C24H22N4O5/c1-14-10-16(8-9-17(14)20-11-26-13-31-20)28-24-27-12-21(33-24)18-6-4-5-7-19(18)22(23(30)25-3)32-15(2)29/h4-13,22H,1-3H3,(H,25,30)(H,27,28). The lowest BCUT2D eigenvalue weighted by molar-refractivity contribution is -0.154. The second-order valence-corrected chi connectivity index (χ2v) is 7.24. The van der Waals surface area contributed by atoms with Gasteiger partial charge in [0.1, 0.15) is 0 Å². The maximum Gasteiger partial charge on any atom is 0.303 e. The van der Waals surface area contributed by atoms with Crippen LogP contribution in [0.1, 0.15) is 24.2 Å². The van der Waals surface area contributed by atoms with Crippen molar-refractivity contribution in [2.45, 2.75) is 20.0 Å². The largest absolute Gasteiger partial charge is 0.447 e. The van der Waals surface area contributed by atoms with Gasteiger partial charge >= 0.3 is 5.97 Å². The van der Waals surface area contributed by atoms with E-state index >= 15 is 0 Å². The number of hydrogen-bond donors (Lipinski definition) is 2. The monoisotopic (exact) mass is 446 g/mol. The van der Waals surface area contributed by atoms with Gasteiger partial charge in [-0.2, -0.15) is 0 Å². The van der Waals surface area contributed by atoms with E-state index in [1.807, 2.05) is 25.1 Å². The number of ether oxygens (including phenoxy) is 1. The Kier molecular flexibility index (Phi) is 6.21. The average molecular weight is 446 g/mol. The minimum atomic E-state index is -1.11.